The van der Waals surface area contributed by atoms with E-state index in [0.29, 0.717) is 11.3 Å². The molecule has 0 aliphatic carbocycles. The maximum atomic E-state index is 12.4. The Morgan fingerprint density at radius 1 is 1.12 bits per heavy atom. The molecule has 2 rings (SSSR count). The highest BCUT2D eigenvalue weighted by Gasteiger charge is 2.14. The van der Waals surface area contributed by atoms with E-state index in [1.807, 2.05) is 38.1 Å². The third-order valence-electron chi connectivity index (χ3n) is 3.87. The lowest BCUT2D eigenvalue weighted by Crippen LogP contribution is -2.32. The minimum atomic E-state index is -0.182. The Morgan fingerprint density at radius 3 is 2.46 bits per heavy atom. The predicted octanol–water partition coefficient (Wildman–Crippen LogP) is 3.95. The second-order valence-corrected chi connectivity index (χ2v) is 6.89. The third-order valence-corrected chi connectivity index (χ3v) is 4.88. The van der Waals surface area contributed by atoms with E-state index in [2.05, 4.69) is 10.6 Å². The van der Waals surface area contributed by atoms with Crippen LogP contribution in [-0.4, -0.2) is 30.7 Å². The molecular weight excluding hydrogens is 348 g/mol. The topological polar surface area (TPSA) is 67.4 Å². The normalized spacial score (nSPS) is 11.5. The highest BCUT2D eigenvalue weighted by molar-refractivity contribution is 8.00. The SMILES string of the molecule is CCC(C)NC(=O)c1ccccc1NC(=O)CSc1ccc(OC)cc1. The maximum absolute atomic E-state index is 12.4. The molecule has 2 aromatic carbocycles. The second kappa shape index (κ2) is 9.87. The van der Waals surface area contributed by atoms with Gasteiger partial charge in [0.2, 0.25) is 5.91 Å². The summed E-state index contributed by atoms with van der Waals surface area (Å²) in [5.41, 5.74) is 0.990. The van der Waals surface area contributed by atoms with Crippen molar-refractivity contribution in [3.05, 3.63) is 54.1 Å². The van der Waals surface area contributed by atoms with Crippen LogP contribution in [0.1, 0.15) is 30.6 Å². The lowest BCUT2D eigenvalue weighted by Gasteiger charge is -2.14. The molecule has 0 bridgehead atoms. The molecule has 0 radical (unpaired) electrons. The van der Waals surface area contributed by atoms with Crippen LogP contribution in [0.3, 0.4) is 0 Å². The fourth-order valence-corrected chi connectivity index (χ4v) is 2.90. The quantitative estimate of drug-likeness (QED) is 0.689. The molecule has 0 heterocycles. The Labute approximate surface area is 158 Å². The Kier molecular flexibility index (Phi) is 7.53. The van der Waals surface area contributed by atoms with Gasteiger partial charge in [-0.15, -0.1) is 11.8 Å². The van der Waals surface area contributed by atoms with Crippen molar-refractivity contribution in [1.29, 1.82) is 0 Å². The molecule has 0 aliphatic heterocycles. The molecule has 2 amide bonds. The largest absolute Gasteiger partial charge is 0.497 e. The number of nitrogens with one attached hydrogen (secondary N) is 2. The number of amides is 2. The third kappa shape index (κ3) is 5.81. The van der Waals surface area contributed by atoms with Gasteiger partial charge in [0, 0.05) is 10.9 Å². The first-order valence-electron chi connectivity index (χ1n) is 8.50. The Morgan fingerprint density at radius 2 is 1.81 bits per heavy atom. The van der Waals surface area contributed by atoms with Crippen LogP contribution in [0.5, 0.6) is 5.75 Å². The highest BCUT2D eigenvalue weighted by Crippen LogP contribution is 2.22. The maximum Gasteiger partial charge on any atom is 0.253 e. The van der Waals surface area contributed by atoms with Gasteiger partial charge < -0.3 is 15.4 Å². The molecule has 26 heavy (non-hydrogen) atoms. The van der Waals surface area contributed by atoms with Crippen LogP contribution in [-0.2, 0) is 4.79 Å². The van der Waals surface area contributed by atoms with E-state index in [4.69, 9.17) is 4.74 Å². The summed E-state index contributed by atoms with van der Waals surface area (Å²) in [6, 6.07) is 14.6. The summed E-state index contributed by atoms with van der Waals surface area (Å²) in [5, 5.41) is 5.75. The van der Waals surface area contributed by atoms with Crippen molar-refractivity contribution >= 4 is 29.3 Å². The van der Waals surface area contributed by atoms with Crippen molar-refractivity contribution in [3.63, 3.8) is 0 Å². The molecule has 0 saturated heterocycles. The van der Waals surface area contributed by atoms with Crippen molar-refractivity contribution in [2.24, 2.45) is 0 Å². The Balaban J connectivity index is 1.96. The van der Waals surface area contributed by atoms with Crippen molar-refractivity contribution in [3.8, 4) is 5.75 Å². The lowest BCUT2D eigenvalue weighted by atomic mass is 10.1. The van der Waals surface area contributed by atoms with E-state index < -0.39 is 0 Å². The molecule has 5 nitrogen and oxygen atoms in total. The van der Waals surface area contributed by atoms with E-state index in [1.165, 1.54) is 11.8 Å². The first kappa shape index (κ1) is 19.8. The highest BCUT2D eigenvalue weighted by atomic mass is 32.2. The summed E-state index contributed by atoms with van der Waals surface area (Å²) < 4.78 is 5.12. The molecule has 2 aromatic rings. The van der Waals surface area contributed by atoms with Crippen molar-refractivity contribution in [2.75, 3.05) is 18.2 Å². The number of benzene rings is 2. The zero-order valence-corrected chi connectivity index (χ0v) is 16.1. The molecule has 2 N–H and O–H groups in total. The fraction of sp³-hybridized carbons (Fsp3) is 0.300. The first-order valence-corrected chi connectivity index (χ1v) is 9.48. The smallest absolute Gasteiger partial charge is 0.253 e. The van der Waals surface area contributed by atoms with E-state index in [-0.39, 0.29) is 23.6 Å². The summed E-state index contributed by atoms with van der Waals surface area (Å²) in [6.07, 6.45) is 0.846. The minimum absolute atomic E-state index is 0.0804. The molecule has 0 aromatic heterocycles. The summed E-state index contributed by atoms with van der Waals surface area (Å²) in [7, 11) is 1.62. The molecule has 138 valence electrons. The van der Waals surface area contributed by atoms with Crippen molar-refractivity contribution in [2.45, 2.75) is 31.2 Å². The molecule has 0 aliphatic rings. The van der Waals surface area contributed by atoms with Gasteiger partial charge in [0.25, 0.3) is 5.91 Å². The molecule has 0 fully saturated rings. The molecule has 0 spiro atoms. The van der Waals surface area contributed by atoms with E-state index in [1.54, 1.807) is 31.4 Å². The van der Waals surface area contributed by atoms with Gasteiger partial charge in [0.15, 0.2) is 0 Å². The van der Waals surface area contributed by atoms with E-state index in [9.17, 15) is 9.59 Å². The number of methoxy groups -OCH3 is 1. The fourth-order valence-electron chi connectivity index (χ4n) is 2.20. The van der Waals surface area contributed by atoms with Crippen LogP contribution >= 0.6 is 11.8 Å². The van der Waals surface area contributed by atoms with Gasteiger partial charge in [0.05, 0.1) is 24.1 Å². The van der Waals surface area contributed by atoms with Gasteiger partial charge in [-0.05, 0) is 49.7 Å². The number of thioether (sulfide) groups is 1. The second-order valence-electron chi connectivity index (χ2n) is 5.84. The van der Waals surface area contributed by atoms with Crippen LogP contribution in [0.15, 0.2) is 53.4 Å². The molecular formula is C20H24N2O3S. The van der Waals surface area contributed by atoms with Crippen molar-refractivity contribution < 1.29 is 14.3 Å². The van der Waals surface area contributed by atoms with Gasteiger partial charge in [-0.2, -0.15) is 0 Å². The summed E-state index contributed by atoms with van der Waals surface area (Å²) in [6.45, 7) is 3.96. The zero-order chi connectivity index (χ0) is 18.9. The van der Waals surface area contributed by atoms with Gasteiger partial charge in [-0.25, -0.2) is 0 Å². The standard InChI is InChI=1S/C20H24N2O3S/c1-4-14(2)21-20(24)17-7-5-6-8-18(17)22-19(23)13-26-16-11-9-15(25-3)10-12-16/h5-12,14H,4,13H2,1-3H3,(H,21,24)(H,22,23). The van der Waals surface area contributed by atoms with Crippen LogP contribution in [0.2, 0.25) is 0 Å². The number of hydrogen-bond acceptors (Lipinski definition) is 4. The lowest BCUT2D eigenvalue weighted by molar-refractivity contribution is -0.113. The Bertz CT molecular complexity index is 747. The van der Waals surface area contributed by atoms with Crippen LogP contribution in [0.25, 0.3) is 0 Å². The summed E-state index contributed by atoms with van der Waals surface area (Å²) in [4.78, 5) is 25.6. The molecule has 0 saturated carbocycles. The number of ether oxygens (including phenoxy) is 1. The van der Waals surface area contributed by atoms with Crippen LogP contribution < -0.4 is 15.4 Å². The van der Waals surface area contributed by atoms with Crippen molar-refractivity contribution in [1.82, 2.24) is 5.32 Å². The number of anilines is 1. The van der Waals surface area contributed by atoms with Crippen LogP contribution in [0, 0.1) is 0 Å². The van der Waals surface area contributed by atoms with Crippen LogP contribution in [0.4, 0.5) is 5.69 Å². The van der Waals surface area contributed by atoms with Gasteiger partial charge in [-0.3, -0.25) is 9.59 Å². The Hall–Kier alpha value is -2.47. The number of carbonyl (C=O) groups excluding carboxylic acids is 2. The summed E-state index contributed by atoms with van der Waals surface area (Å²) in [5.74, 6) is 0.695. The first-order chi connectivity index (χ1) is 12.5. The minimum Gasteiger partial charge on any atom is -0.497 e. The predicted molar refractivity (Wildman–Crippen MR) is 106 cm³/mol. The number of para-hydroxylation sites is 1. The molecule has 1 atom stereocenters. The van der Waals surface area contributed by atoms with Gasteiger partial charge in [0.1, 0.15) is 5.75 Å². The summed E-state index contributed by atoms with van der Waals surface area (Å²) >= 11 is 1.43. The van der Waals surface area contributed by atoms with E-state index in [0.717, 1.165) is 17.1 Å². The average molecular weight is 372 g/mol. The number of rotatable bonds is 8. The van der Waals surface area contributed by atoms with Gasteiger partial charge in [-0.1, -0.05) is 19.1 Å². The van der Waals surface area contributed by atoms with Gasteiger partial charge >= 0.3 is 0 Å². The average Bonchev–Trinajstić information content (AvgIpc) is 2.67. The van der Waals surface area contributed by atoms with E-state index >= 15 is 0 Å². The number of carbonyl (C=O) groups is 2. The molecule has 1 unspecified atom stereocenters. The zero-order valence-electron chi connectivity index (χ0n) is 15.2. The molecule has 6 heteroatoms. The number of hydrogen-bond donors (Lipinski definition) is 2. The monoisotopic (exact) mass is 372 g/mol.